The molecule has 0 saturated carbocycles. The molecule has 0 aromatic heterocycles. The van der Waals surface area contributed by atoms with Crippen LogP contribution in [0.25, 0.3) is 0 Å². The van der Waals surface area contributed by atoms with Gasteiger partial charge in [0.2, 0.25) is 0 Å². The third-order valence-electron chi connectivity index (χ3n) is 2.04. The fourth-order valence-electron chi connectivity index (χ4n) is 1.29. The zero-order valence-electron chi connectivity index (χ0n) is 8.76. The Labute approximate surface area is 86.7 Å². The Morgan fingerprint density at radius 3 is 2.27 bits per heavy atom. The summed E-state index contributed by atoms with van der Waals surface area (Å²) < 4.78 is 9.03. The SMILES string of the molecule is COC(=O)[C@H]1C[C@H](C(=O)OC)ON1OC. The third kappa shape index (κ3) is 2.44. The van der Waals surface area contributed by atoms with E-state index in [1.165, 1.54) is 21.3 Å². The number of rotatable bonds is 3. The first kappa shape index (κ1) is 11.9. The molecule has 7 nitrogen and oxygen atoms in total. The van der Waals surface area contributed by atoms with E-state index in [1.807, 2.05) is 0 Å². The van der Waals surface area contributed by atoms with Crippen molar-refractivity contribution in [2.24, 2.45) is 0 Å². The van der Waals surface area contributed by atoms with Crippen molar-refractivity contribution in [3.8, 4) is 0 Å². The van der Waals surface area contributed by atoms with Crippen LogP contribution in [0.3, 0.4) is 0 Å². The molecule has 0 aliphatic carbocycles. The summed E-state index contributed by atoms with van der Waals surface area (Å²) in [6.45, 7) is 0. The summed E-state index contributed by atoms with van der Waals surface area (Å²) in [6, 6.07) is -0.746. The van der Waals surface area contributed by atoms with Gasteiger partial charge in [-0.05, 0) is 0 Å². The summed E-state index contributed by atoms with van der Waals surface area (Å²) in [5, 5.41) is 0.938. The highest BCUT2D eigenvalue weighted by Crippen LogP contribution is 2.22. The minimum atomic E-state index is -0.834. The maximum Gasteiger partial charge on any atom is 0.337 e. The molecule has 0 N–H and O–H groups in total. The average molecular weight is 219 g/mol. The van der Waals surface area contributed by atoms with Gasteiger partial charge in [-0.1, -0.05) is 5.23 Å². The largest absolute Gasteiger partial charge is 0.468 e. The fraction of sp³-hybridized carbons (Fsp3) is 0.750. The Balaban J connectivity index is 2.66. The van der Waals surface area contributed by atoms with Crippen LogP contribution in [-0.2, 0) is 28.7 Å². The zero-order valence-corrected chi connectivity index (χ0v) is 8.76. The monoisotopic (exact) mass is 219 g/mol. The Morgan fingerprint density at radius 2 is 1.80 bits per heavy atom. The maximum atomic E-state index is 11.3. The number of methoxy groups -OCH3 is 2. The molecule has 0 unspecified atom stereocenters. The minimum absolute atomic E-state index is 0.146. The molecule has 0 bridgehead atoms. The van der Waals surface area contributed by atoms with Crippen molar-refractivity contribution < 1.29 is 28.7 Å². The molecule has 2 atom stereocenters. The van der Waals surface area contributed by atoms with Crippen molar-refractivity contribution in [2.75, 3.05) is 21.3 Å². The molecule has 0 amide bonds. The Hall–Kier alpha value is -1.18. The van der Waals surface area contributed by atoms with Gasteiger partial charge >= 0.3 is 11.9 Å². The second kappa shape index (κ2) is 5.06. The molecule has 0 aromatic carbocycles. The molecular formula is C8H13NO6. The van der Waals surface area contributed by atoms with Gasteiger partial charge in [0, 0.05) is 6.42 Å². The van der Waals surface area contributed by atoms with Crippen molar-refractivity contribution >= 4 is 11.9 Å². The molecule has 1 rings (SSSR count). The molecule has 1 saturated heterocycles. The highest BCUT2D eigenvalue weighted by molar-refractivity contribution is 5.80. The van der Waals surface area contributed by atoms with Crippen LogP contribution < -0.4 is 0 Å². The van der Waals surface area contributed by atoms with E-state index in [9.17, 15) is 9.59 Å². The van der Waals surface area contributed by atoms with Crippen molar-refractivity contribution in [3.05, 3.63) is 0 Å². The van der Waals surface area contributed by atoms with Crippen LogP contribution in [0.5, 0.6) is 0 Å². The van der Waals surface area contributed by atoms with Gasteiger partial charge in [-0.25, -0.2) is 4.79 Å². The molecule has 0 spiro atoms. The van der Waals surface area contributed by atoms with Gasteiger partial charge in [0.1, 0.15) is 0 Å². The topological polar surface area (TPSA) is 74.3 Å². The van der Waals surface area contributed by atoms with E-state index in [-0.39, 0.29) is 6.42 Å². The van der Waals surface area contributed by atoms with Gasteiger partial charge in [0.05, 0.1) is 21.3 Å². The molecule has 1 heterocycles. The molecule has 7 heteroatoms. The average Bonchev–Trinajstić information content (AvgIpc) is 2.70. The normalized spacial score (nSPS) is 26.3. The van der Waals surface area contributed by atoms with E-state index < -0.39 is 24.1 Å². The number of nitrogens with zero attached hydrogens (tertiary/aromatic N) is 1. The number of hydrogen-bond donors (Lipinski definition) is 0. The van der Waals surface area contributed by atoms with Gasteiger partial charge in [-0.15, -0.1) is 0 Å². The smallest absolute Gasteiger partial charge is 0.337 e. The predicted molar refractivity (Wildman–Crippen MR) is 46.2 cm³/mol. The van der Waals surface area contributed by atoms with Crippen LogP contribution in [0.4, 0.5) is 0 Å². The second-order valence-corrected chi connectivity index (χ2v) is 2.86. The summed E-state index contributed by atoms with van der Waals surface area (Å²) in [5.41, 5.74) is 0. The van der Waals surface area contributed by atoms with Crippen LogP contribution in [0.15, 0.2) is 0 Å². The molecule has 86 valence electrons. The Kier molecular flexibility index (Phi) is 4.01. The maximum absolute atomic E-state index is 11.3. The lowest BCUT2D eigenvalue weighted by Crippen LogP contribution is -2.35. The van der Waals surface area contributed by atoms with E-state index in [1.54, 1.807) is 0 Å². The minimum Gasteiger partial charge on any atom is -0.468 e. The Bertz CT molecular complexity index is 256. The van der Waals surface area contributed by atoms with E-state index in [0.29, 0.717) is 0 Å². The highest BCUT2D eigenvalue weighted by Gasteiger charge is 2.43. The van der Waals surface area contributed by atoms with E-state index in [0.717, 1.165) is 5.23 Å². The first-order chi connectivity index (χ1) is 7.13. The van der Waals surface area contributed by atoms with E-state index in [4.69, 9.17) is 9.68 Å². The first-order valence-corrected chi connectivity index (χ1v) is 4.29. The molecule has 0 aromatic rings. The van der Waals surface area contributed by atoms with E-state index >= 15 is 0 Å². The molecule has 0 radical (unpaired) electrons. The van der Waals surface area contributed by atoms with Crippen LogP contribution in [0.1, 0.15) is 6.42 Å². The summed E-state index contributed by atoms with van der Waals surface area (Å²) in [4.78, 5) is 32.2. The summed E-state index contributed by atoms with van der Waals surface area (Å²) in [7, 11) is 3.82. The van der Waals surface area contributed by atoms with Crippen molar-refractivity contribution in [3.63, 3.8) is 0 Å². The summed E-state index contributed by atoms with van der Waals surface area (Å²) in [5.74, 6) is -1.08. The lowest BCUT2D eigenvalue weighted by Gasteiger charge is -2.16. The fourth-order valence-corrected chi connectivity index (χ4v) is 1.29. The molecule has 1 fully saturated rings. The molecule has 1 aliphatic rings. The van der Waals surface area contributed by atoms with Crippen LogP contribution >= 0.6 is 0 Å². The van der Waals surface area contributed by atoms with Gasteiger partial charge < -0.3 is 9.47 Å². The van der Waals surface area contributed by atoms with Crippen molar-refractivity contribution in [1.29, 1.82) is 0 Å². The van der Waals surface area contributed by atoms with Crippen LogP contribution in [-0.4, -0.2) is 50.6 Å². The predicted octanol–water partition coefficient (Wildman–Crippen LogP) is -0.732. The van der Waals surface area contributed by atoms with Crippen molar-refractivity contribution in [2.45, 2.75) is 18.6 Å². The van der Waals surface area contributed by atoms with Gasteiger partial charge in [0.25, 0.3) is 0 Å². The van der Waals surface area contributed by atoms with Gasteiger partial charge in [-0.3, -0.25) is 14.5 Å². The van der Waals surface area contributed by atoms with E-state index in [2.05, 4.69) is 9.47 Å². The second-order valence-electron chi connectivity index (χ2n) is 2.86. The number of carbonyl (C=O) groups is 2. The standard InChI is InChI=1S/C8H13NO6/c1-12-7(10)5-4-6(8(11)13-2)15-9(5)14-3/h5-6H,4H2,1-3H3/t5-,6-/m1/s1. The lowest BCUT2D eigenvalue weighted by atomic mass is 10.1. The number of carbonyl (C=O) groups excluding carboxylic acids is 2. The van der Waals surface area contributed by atoms with Crippen LogP contribution in [0.2, 0.25) is 0 Å². The number of esters is 2. The number of hydrogen-bond acceptors (Lipinski definition) is 7. The lowest BCUT2D eigenvalue weighted by molar-refractivity contribution is -0.351. The highest BCUT2D eigenvalue weighted by atomic mass is 17.0. The molecular weight excluding hydrogens is 206 g/mol. The summed E-state index contributed by atoms with van der Waals surface area (Å²) >= 11 is 0. The molecule has 15 heavy (non-hydrogen) atoms. The first-order valence-electron chi connectivity index (χ1n) is 4.29. The Morgan fingerprint density at radius 1 is 1.20 bits per heavy atom. The van der Waals surface area contributed by atoms with Crippen molar-refractivity contribution in [1.82, 2.24) is 5.23 Å². The van der Waals surface area contributed by atoms with Crippen LogP contribution in [0, 0.1) is 0 Å². The number of ether oxygens (including phenoxy) is 2. The number of hydroxylamine groups is 2. The summed E-state index contributed by atoms with van der Waals surface area (Å²) in [6.07, 6.45) is -0.688. The third-order valence-corrected chi connectivity index (χ3v) is 2.04. The van der Waals surface area contributed by atoms with Gasteiger partial charge in [-0.2, -0.15) is 0 Å². The quantitative estimate of drug-likeness (QED) is 0.579. The molecule has 1 aliphatic heterocycles. The van der Waals surface area contributed by atoms with Gasteiger partial charge in [0.15, 0.2) is 12.1 Å². The zero-order chi connectivity index (χ0) is 11.4.